The fourth-order valence-corrected chi connectivity index (χ4v) is 4.03. The molecule has 0 bridgehead atoms. The van der Waals surface area contributed by atoms with Crippen LogP contribution in [0.3, 0.4) is 0 Å². The molecule has 2 aromatic rings. The largest absolute Gasteiger partial charge is 0.504 e. The van der Waals surface area contributed by atoms with Crippen molar-refractivity contribution in [1.29, 1.82) is 0 Å². The molecule has 0 atom stereocenters. The number of anilines is 1. The molecule has 10 heteroatoms. The van der Waals surface area contributed by atoms with Gasteiger partial charge in [0, 0.05) is 14.6 Å². The number of thioether (sulfide) groups is 1. The summed E-state index contributed by atoms with van der Waals surface area (Å²) in [5, 5.41) is 11.9. The quantitative estimate of drug-likeness (QED) is 0.537. The van der Waals surface area contributed by atoms with Crippen LogP contribution in [-0.2, 0) is 9.59 Å². The molecule has 0 aliphatic carbocycles. The van der Waals surface area contributed by atoms with Gasteiger partial charge in [0.15, 0.2) is 11.5 Å². The van der Waals surface area contributed by atoms with Crippen LogP contribution in [0, 0.1) is 0 Å². The van der Waals surface area contributed by atoms with E-state index < -0.39 is 23.6 Å². The molecule has 0 radical (unpaired) electrons. The molecule has 7 nitrogen and oxygen atoms in total. The number of ether oxygens (including phenoxy) is 1. The van der Waals surface area contributed by atoms with Gasteiger partial charge in [0.25, 0.3) is 11.1 Å². The first-order valence-corrected chi connectivity index (χ1v) is 10.6. The molecule has 0 saturated carbocycles. The number of methoxy groups -OCH3 is 1. The minimum Gasteiger partial charge on any atom is -0.504 e. The number of hydrogen-bond acceptors (Lipinski definition) is 6. The molecule has 2 N–H and O–H groups in total. The topological polar surface area (TPSA) is 95.9 Å². The number of imide groups is 1. The smallest absolute Gasteiger partial charge is 0.294 e. The highest BCUT2D eigenvalue weighted by molar-refractivity contribution is 9.10. The normalized spacial score (nSPS) is 15.1. The number of nitrogens with one attached hydrogen (secondary N) is 1. The van der Waals surface area contributed by atoms with Gasteiger partial charge in [0.1, 0.15) is 6.54 Å². The van der Waals surface area contributed by atoms with Crippen LogP contribution in [0.15, 0.2) is 50.2 Å². The molecule has 0 aromatic heterocycles. The summed E-state index contributed by atoms with van der Waals surface area (Å²) in [6.45, 7) is -0.391. The standard InChI is InChI=1S/C19H14Br2N2O5S/c1-28-15-6-10(13(21)8-14(15)24)7-16-18(26)23(19(27)29-16)9-17(25)22-12-4-2-11(20)3-5-12/h2-8,24H,9H2,1H3,(H,22,25)/b16-7-. The van der Waals surface area contributed by atoms with Crippen LogP contribution >= 0.6 is 43.6 Å². The van der Waals surface area contributed by atoms with Gasteiger partial charge in [0.05, 0.1) is 12.0 Å². The summed E-state index contributed by atoms with van der Waals surface area (Å²) in [5.41, 5.74) is 1.10. The van der Waals surface area contributed by atoms with Crippen molar-refractivity contribution in [1.82, 2.24) is 4.90 Å². The van der Waals surface area contributed by atoms with E-state index in [9.17, 15) is 19.5 Å². The van der Waals surface area contributed by atoms with Gasteiger partial charge in [-0.3, -0.25) is 19.3 Å². The summed E-state index contributed by atoms with van der Waals surface area (Å²) < 4.78 is 6.45. The van der Waals surface area contributed by atoms with E-state index in [1.807, 2.05) is 0 Å². The van der Waals surface area contributed by atoms with Crippen LogP contribution in [0.5, 0.6) is 11.5 Å². The second kappa shape index (κ2) is 9.02. The SMILES string of the molecule is COc1cc(/C=C2\SC(=O)N(CC(=O)Nc3ccc(Br)cc3)C2=O)c(Br)cc1O. The van der Waals surface area contributed by atoms with Crippen molar-refractivity contribution in [2.24, 2.45) is 0 Å². The van der Waals surface area contributed by atoms with E-state index in [2.05, 4.69) is 37.2 Å². The van der Waals surface area contributed by atoms with Gasteiger partial charge in [-0.15, -0.1) is 0 Å². The van der Waals surface area contributed by atoms with Crippen molar-refractivity contribution in [2.75, 3.05) is 19.0 Å². The molecular weight excluding hydrogens is 528 g/mol. The number of carbonyl (C=O) groups excluding carboxylic acids is 3. The molecule has 1 aliphatic heterocycles. The van der Waals surface area contributed by atoms with E-state index in [0.717, 1.165) is 21.1 Å². The Bertz CT molecular complexity index is 1020. The number of halogens is 2. The number of rotatable bonds is 5. The van der Waals surface area contributed by atoms with E-state index in [-0.39, 0.29) is 16.4 Å². The average molecular weight is 542 g/mol. The highest BCUT2D eigenvalue weighted by Gasteiger charge is 2.36. The third kappa shape index (κ3) is 5.01. The number of phenols is 1. The summed E-state index contributed by atoms with van der Waals surface area (Å²) >= 11 is 7.35. The lowest BCUT2D eigenvalue weighted by atomic mass is 10.2. The first kappa shape index (κ1) is 21.4. The Hall–Kier alpha value is -2.30. The lowest BCUT2D eigenvalue weighted by Crippen LogP contribution is -2.36. The Morgan fingerprint density at radius 1 is 1.24 bits per heavy atom. The molecule has 2 aromatic carbocycles. The monoisotopic (exact) mass is 540 g/mol. The molecule has 1 fully saturated rings. The Kier molecular flexibility index (Phi) is 6.66. The van der Waals surface area contributed by atoms with Gasteiger partial charge in [-0.2, -0.15) is 0 Å². The van der Waals surface area contributed by atoms with E-state index in [1.165, 1.54) is 25.3 Å². The molecule has 150 valence electrons. The minimum absolute atomic E-state index is 0.0609. The first-order valence-electron chi connectivity index (χ1n) is 8.15. The van der Waals surface area contributed by atoms with Gasteiger partial charge in [-0.1, -0.05) is 31.9 Å². The Labute approximate surface area is 187 Å². The predicted molar refractivity (Wildman–Crippen MR) is 118 cm³/mol. The Morgan fingerprint density at radius 3 is 2.59 bits per heavy atom. The molecule has 0 spiro atoms. The summed E-state index contributed by atoms with van der Waals surface area (Å²) in [5.74, 6) is -0.880. The highest BCUT2D eigenvalue weighted by atomic mass is 79.9. The number of nitrogens with zero attached hydrogens (tertiary/aromatic N) is 1. The molecule has 1 saturated heterocycles. The van der Waals surface area contributed by atoms with Crippen molar-refractivity contribution < 1.29 is 24.2 Å². The third-order valence-corrected chi connectivity index (χ3v) is 6.01. The van der Waals surface area contributed by atoms with Crippen LogP contribution in [-0.4, -0.2) is 40.7 Å². The van der Waals surface area contributed by atoms with Crippen LogP contribution in [0.25, 0.3) is 6.08 Å². The number of aromatic hydroxyl groups is 1. The second-order valence-electron chi connectivity index (χ2n) is 5.87. The molecule has 3 rings (SSSR count). The van der Waals surface area contributed by atoms with E-state index in [4.69, 9.17) is 4.74 Å². The predicted octanol–water partition coefficient (Wildman–Crippen LogP) is 4.60. The first-order chi connectivity index (χ1) is 13.8. The minimum atomic E-state index is -0.565. The van der Waals surface area contributed by atoms with Crippen molar-refractivity contribution in [3.63, 3.8) is 0 Å². The number of benzene rings is 2. The van der Waals surface area contributed by atoms with Crippen LogP contribution in [0.1, 0.15) is 5.56 Å². The fourth-order valence-electron chi connectivity index (χ4n) is 2.49. The summed E-state index contributed by atoms with van der Waals surface area (Å²) in [7, 11) is 1.41. The number of amides is 3. The summed E-state index contributed by atoms with van der Waals surface area (Å²) in [6, 6.07) is 9.90. The molecule has 0 unspecified atom stereocenters. The molecular formula is C19H14Br2N2O5S. The van der Waals surface area contributed by atoms with Crippen molar-refractivity contribution in [2.45, 2.75) is 0 Å². The third-order valence-electron chi connectivity index (χ3n) is 3.89. The number of phenolic OH excluding ortho intramolecular Hbond substituents is 1. The van der Waals surface area contributed by atoms with Crippen LogP contribution < -0.4 is 10.1 Å². The van der Waals surface area contributed by atoms with Gasteiger partial charge in [-0.05, 0) is 59.8 Å². The zero-order valence-electron chi connectivity index (χ0n) is 14.9. The van der Waals surface area contributed by atoms with Crippen molar-refractivity contribution >= 4 is 72.4 Å². The summed E-state index contributed by atoms with van der Waals surface area (Å²) in [6.07, 6.45) is 1.50. The van der Waals surface area contributed by atoms with Gasteiger partial charge < -0.3 is 15.2 Å². The number of hydrogen-bond donors (Lipinski definition) is 2. The van der Waals surface area contributed by atoms with Crippen molar-refractivity contribution in [3.05, 3.63) is 55.8 Å². The maximum absolute atomic E-state index is 12.6. The van der Waals surface area contributed by atoms with E-state index in [1.54, 1.807) is 24.3 Å². The number of carbonyl (C=O) groups is 3. The molecule has 29 heavy (non-hydrogen) atoms. The lowest BCUT2D eigenvalue weighted by Gasteiger charge is -2.12. The average Bonchev–Trinajstić information content (AvgIpc) is 2.93. The Balaban J connectivity index is 1.75. The molecule has 3 amide bonds. The van der Waals surface area contributed by atoms with E-state index >= 15 is 0 Å². The van der Waals surface area contributed by atoms with E-state index in [0.29, 0.717) is 15.7 Å². The lowest BCUT2D eigenvalue weighted by molar-refractivity contribution is -0.127. The zero-order valence-corrected chi connectivity index (χ0v) is 18.9. The maximum Gasteiger partial charge on any atom is 0.294 e. The zero-order chi connectivity index (χ0) is 21.1. The maximum atomic E-state index is 12.6. The molecule has 1 aliphatic rings. The van der Waals surface area contributed by atoms with Gasteiger partial charge >= 0.3 is 0 Å². The van der Waals surface area contributed by atoms with Gasteiger partial charge in [-0.25, -0.2) is 0 Å². The van der Waals surface area contributed by atoms with Crippen molar-refractivity contribution in [3.8, 4) is 11.5 Å². The van der Waals surface area contributed by atoms with Crippen LogP contribution in [0.2, 0.25) is 0 Å². The van der Waals surface area contributed by atoms with Crippen LogP contribution in [0.4, 0.5) is 10.5 Å². The summed E-state index contributed by atoms with van der Waals surface area (Å²) in [4.78, 5) is 38.2. The van der Waals surface area contributed by atoms with Gasteiger partial charge in [0.2, 0.25) is 5.91 Å². The second-order valence-corrected chi connectivity index (χ2v) is 8.63. The highest BCUT2D eigenvalue weighted by Crippen LogP contribution is 2.37. The molecule has 1 heterocycles. The Morgan fingerprint density at radius 2 is 1.93 bits per heavy atom. The fraction of sp³-hybridized carbons (Fsp3) is 0.105.